The molecule has 1 amide bonds. The Morgan fingerprint density at radius 1 is 1.03 bits per heavy atom. The number of aromatic nitrogens is 2. The van der Waals surface area contributed by atoms with Crippen LogP contribution in [-0.4, -0.2) is 66.5 Å². The molecule has 1 aliphatic rings. The van der Waals surface area contributed by atoms with E-state index in [-0.39, 0.29) is 12.1 Å². The van der Waals surface area contributed by atoms with Gasteiger partial charge in [-0.15, -0.1) is 11.3 Å². The topological polar surface area (TPSA) is 79.8 Å². The zero-order valence-corrected chi connectivity index (χ0v) is 23.7. The fraction of sp³-hybridized carbons (Fsp3) is 0.367. The molecule has 5 rings (SSSR count). The third-order valence-electron chi connectivity index (χ3n) is 6.61. The van der Waals surface area contributed by atoms with Gasteiger partial charge in [0.1, 0.15) is 17.7 Å². The smallest absolute Gasteiger partial charge is 0.410 e. The minimum absolute atomic E-state index is 0.0186. The van der Waals surface area contributed by atoms with Gasteiger partial charge in [0.25, 0.3) is 0 Å². The molecule has 3 heterocycles. The van der Waals surface area contributed by atoms with Gasteiger partial charge < -0.3 is 24.6 Å². The summed E-state index contributed by atoms with van der Waals surface area (Å²) in [6, 6.07) is 21.0. The van der Waals surface area contributed by atoms with E-state index in [9.17, 15) is 4.79 Å². The maximum absolute atomic E-state index is 12.4. The number of amides is 1. The van der Waals surface area contributed by atoms with Gasteiger partial charge in [0, 0.05) is 43.9 Å². The number of hydrogen-bond acceptors (Lipinski definition) is 8. The van der Waals surface area contributed by atoms with Crippen LogP contribution in [0.2, 0.25) is 0 Å². The Hall–Kier alpha value is -3.69. The lowest BCUT2D eigenvalue weighted by Gasteiger charge is -2.36. The van der Waals surface area contributed by atoms with Gasteiger partial charge in [-0.1, -0.05) is 42.5 Å². The van der Waals surface area contributed by atoms with Crippen molar-refractivity contribution in [3.05, 3.63) is 72.6 Å². The molecule has 1 unspecified atom stereocenters. The number of nitrogens with one attached hydrogen (secondary N) is 1. The Bertz CT molecular complexity index is 1390. The van der Waals surface area contributed by atoms with Crippen LogP contribution < -0.4 is 10.2 Å². The monoisotopic (exact) mass is 545 g/mol. The van der Waals surface area contributed by atoms with Crippen LogP contribution in [0.25, 0.3) is 20.7 Å². The minimum Gasteiger partial charge on any atom is -0.444 e. The number of rotatable bonds is 7. The second-order valence-electron chi connectivity index (χ2n) is 10.6. The predicted octanol–water partition coefficient (Wildman–Crippen LogP) is 6.22. The highest BCUT2D eigenvalue weighted by Gasteiger charge is 2.26. The van der Waals surface area contributed by atoms with Crippen molar-refractivity contribution in [2.45, 2.75) is 32.4 Å². The molecule has 1 N–H and O–H groups in total. The number of ether oxygens (including phenoxy) is 2. The largest absolute Gasteiger partial charge is 0.444 e. The lowest BCUT2D eigenvalue weighted by Crippen LogP contribution is -2.50. The molecule has 4 aromatic rings. The summed E-state index contributed by atoms with van der Waals surface area (Å²) in [6.07, 6.45) is 1.37. The number of carbonyl (C=O) groups excluding carboxylic acids is 1. The van der Waals surface area contributed by atoms with Crippen molar-refractivity contribution in [3.63, 3.8) is 0 Å². The van der Waals surface area contributed by atoms with Gasteiger partial charge >= 0.3 is 6.09 Å². The van der Waals surface area contributed by atoms with Crippen molar-refractivity contribution in [2.24, 2.45) is 0 Å². The Morgan fingerprint density at radius 3 is 2.41 bits per heavy atom. The molecular weight excluding hydrogens is 510 g/mol. The number of methoxy groups -OCH3 is 1. The molecular formula is C30H35N5O3S. The summed E-state index contributed by atoms with van der Waals surface area (Å²) in [5.41, 5.74) is 3.87. The van der Waals surface area contributed by atoms with Crippen LogP contribution in [0, 0.1) is 0 Å². The molecule has 8 nitrogen and oxygen atoms in total. The number of carbonyl (C=O) groups is 1. The molecule has 2 aromatic heterocycles. The number of fused-ring (bicyclic) bond motifs is 1. The Morgan fingerprint density at radius 2 is 1.74 bits per heavy atom. The van der Waals surface area contributed by atoms with Crippen molar-refractivity contribution in [2.75, 3.05) is 50.1 Å². The highest BCUT2D eigenvalue weighted by molar-refractivity contribution is 7.22. The molecule has 39 heavy (non-hydrogen) atoms. The maximum atomic E-state index is 12.4. The van der Waals surface area contributed by atoms with Crippen molar-refractivity contribution in [1.82, 2.24) is 14.9 Å². The zero-order chi connectivity index (χ0) is 27.4. The van der Waals surface area contributed by atoms with E-state index in [1.165, 1.54) is 0 Å². The lowest BCUT2D eigenvalue weighted by molar-refractivity contribution is 0.0240. The Kier molecular flexibility index (Phi) is 7.99. The molecule has 0 radical (unpaired) electrons. The average Bonchev–Trinajstić information content (AvgIpc) is 3.38. The Balaban J connectivity index is 1.28. The second kappa shape index (κ2) is 11.6. The fourth-order valence-electron chi connectivity index (χ4n) is 4.65. The van der Waals surface area contributed by atoms with E-state index < -0.39 is 5.60 Å². The van der Waals surface area contributed by atoms with Gasteiger partial charge in [0.2, 0.25) is 0 Å². The first-order valence-electron chi connectivity index (χ1n) is 13.2. The SMILES string of the molecule is COCC(Nc1ncnc2cc(-c3ccc(N4CCN(C(=O)OC(C)(C)C)CC4)cc3)sc12)c1ccccc1. The summed E-state index contributed by atoms with van der Waals surface area (Å²) in [5, 5.41) is 3.57. The van der Waals surface area contributed by atoms with Crippen LogP contribution in [0.5, 0.6) is 0 Å². The van der Waals surface area contributed by atoms with E-state index in [1.807, 2.05) is 39.0 Å². The standard InChI is InChI=1S/C30H35N5O3S/c1-30(2,3)38-29(36)35-16-14-34(15-17-35)23-12-10-22(11-13-23)26-18-24-27(39-26)28(32-20-31-24)33-25(19-37-4)21-8-6-5-7-9-21/h5-13,18,20,25H,14-17,19H2,1-4H3,(H,31,32,33). The van der Waals surface area contributed by atoms with E-state index >= 15 is 0 Å². The van der Waals surface area contributed by atoms with Gasteiger partial charge in [-0.3, -0.25) is 0 Å². The lowest BCUT2D eigenvalue weighted by atomic mass is 10.1. The highest BCUT2D eigenvalue weighted by atomic mass is 32.1. The number of thiophene rings is 1. The van der Waals surface area contributed by atoms with Crippen LogP contribution in [0.1, 0.15) is 32.4 Å². The maximum Gasteiger partial charge on any atom is 0.410 e. The molecule has 1 fully saturated rings. The molecule has 0 bridgehead atoms. The van der Waals surface area contributed by atoms with E-state index in [0.29, 0.717) is 19.7 Å². The number of nitrogens with zero attached hydrogens (tertiary/aromatic N) is 4. The van der Waals surface area contributed by atoms with E-state index in [1.54, 1.807) is 29.7 Å². The van der Waals surface area contributed by atoms with E-state index in [4.69, 9.17) is 9.47 Å². The highest BCUT2D eigenvalue weighted by Crippen LogP contribution is 2.37. The number of benzene rings is 2. The summed E-state index contributed by atoms with van der Waals surface area (Å²) in [4.78, 5) is 26.7. The molecule has 1 aliphatic heterocycles. The van der Waals surface area contributed by atoms with Gasteiger partial charge in [-0.25, -0.2) is 14.8 Å². The fourth-order valence-corrected chi connectivity index (χ4v) is 5.72. The number of anilines is 2. The van der Waals surface area contributed by atoms with Crippen LogP contribution in [0.4, 0.5) is 16.3 Å². The molecule has 0 saturated carbocycles. The first kappa shape index (κ1) is 26.9. The second-order valence-corrected chi connectivity index (χ2v) is 11.7. The van der Waals surface area contributed by atoms with Crippen LogP contribution in [0.15, 0.2) is 67.0 Å². The van der Waals surface area contributed by atoms with Crippen molar-refractivity contribution in [1.29, 1.82) is 0 Å². The normalized spacial score (nSPS) is 14.9. The van der Waals surface area contributed by atoms with E-state index in [2.05, 4.69) is 62.6 Å². The predicted molar refractivity (Wildman–Crippen MR) is 158 cm³/mol. The van der Waals surface area contributed by atoms with Crippen LogP contribution in [-0.2, 0) is 9.47 Å². The average molecular weight is 546 g/mol. The quantitative estimate of drug-likeness (QED) is 0.296. The van der Waals surface area contributed by atoms with Gasteiger partial charge in [-0.2, -0.15) is 0 Å². The van der Waals surface area contributed by atoms with Crippen molar-refractivity contribution in [3.8, 4) is 10.4 Å². The van der Waals surface area contributed by atoms with Crippen LogP contribution in [0.3, 0.4) is 0 Å². The molecule has 1 saturated heterocycles. The Labute approximate surface area is 233 Å². The third-order valence-corrected chi connectivity index (χ3v) is 7.79. The summed E-state index contributed by atoms with van der Waals surface area (Å²) < 4.78 is 12.0. The summed E-state index contributed by atoms with van der Waals surface area (Å²) in [5.74, 6) is 0.807. The van der Waals surface area contributed by atoms with Gasteiger partial charge in [-0.05, 0) is 50.1 Å². The zero-order valence-electron chi connectivity index (χ0n) is 22.9. The van der Waals surface area contributed by atoms with E-state index in [0.717, 1.165) is 50.8 Å². The summed E-state index contributed by atoms with van der Waals surface area (Å²) >= 11 is 1.68. The minimum atomic E-state index is -0.480. The summed E-state index contributed by atoms with van der Waals surface area (Å²) in [6.45, 7) is 9.06. The van der Waals surface area contributed by atoms with Gasteiger partial charge in [0.05, 0.1) is 22.9 Å². The van der Waals surface area contributed by atoms with Crippen LogP contribution >= 0.6 is 11.3 Å². The molecule has 0 aliphatic carbocycles. The van der Waals surface area contributed by atoms with Crippen molar-refractivity contribution >= 4 is 39.2 Å². The van der Waals surface area contributed by atoms with Gasteiger partial charge in [0.15, 0.2) is 0 Å². The molecule has 204 valence electrons. The first-order valence-corrected chi connectivity index (χ1v) is 14.0. The molecule has 2 aromatic carbocycles. The summed E-state index contributed by atoms with van der Waals surface area (Å²) in [7, 11) is 1.71. The van der Waals surface area contributed by atoms with Crippen molar-refractivity contribution < 1.29 is 14.3 Å². The number of piperazine rings is 1. The first-order chi connectivity index (χ1) is 18.8. The molecule has 0 spiro atoms. The molecule has 9 heteroatoms. The third kappa shape index (κ3) is 6.49. The number of hydrogen-bond donors (Lipinski definition) is 1. The molecule has 1 atom stereocenters.